The van der Waals surface area contributed by atoms with Gasteiger partial charge in [0.05, 0.1) is 0 Å². The van der Waals surface area contributed by atoms with Crippen molar-refractivity contribution in [3.05, 3.63) is 34.9 Å². The topological polar surface area (TPSA) is 12.0 Å². The van der Waals surface area contributed by atoms with Gasteiger partial charge in [-0.2, -0.15) is 0 Å². The van der Waals surface area contributed by atoms with Crippen molar-refractivity contribution in [2.75, 3.05) is 13.1 Å². The van der Waals surface area contributed by atoms with Crippen molar-refractivity contribution in [3.8, 4) is 0 Å². The zero-order chi connectivity index (χ0) is 13.0. The molecule has 0 unspecified atom stereocenters. The Morgan fingerprint density at radius 3 is 2.28 bits per heavy atom. The summed E-state index contributed by atoms with van der Waals surface area (Å²) in [6.07, 6.45) is 6.71. The maximum atomic E-state index is 3.63. The largest absolute Gasteiger partial charge is 0.316 e. The van der Waals surface area contributed by atoms with Gasteiger partial charge in [-0.15, -0.1) is 0 Å². The molecule has 0 bridgehead atoms. The molecule has 2 rings (SSSR count). The van der Waals surface area contributed by atoms with Crippen molar-refractivity contribution < 1.29 is 0 Å². The second kappa shape index (κ2) is 5.88. The summed E-state index contributed by atoms with van der Waals surface area (Å²) in [4.78, 5) is 0. The Morgan fingerprint density at radius 1 is 1.11 bits per heavy atom. The molecule has 0 radical (unpaired) electrons. The van der Waals surface area contributed by atoms with Gasteiger partial charge in [0.1, 0.15) is 0 Å². The predicted octanol–water partition coefficient (Wildman–Crippen LogP) is 4.02. The molecule has 0 amide bonds. The first-order valence-corrected chi connectivity index (χ1v) is 7.41. The van der Waals surface area contributed by atoms with Crippen molar-refractivity contribution in [2.24, 2.45) is 5.41 Å². The van der Waals surface area contributed by atoms with E-state index in [2.05, 4.69) is 44.3 Å². The highest BCUT2D eigenvalue weighted by molar-refractivity contribution is 5.29. The molecule has 1 aromatic carbocycles. The Labute approximate surface area is 112 Å². The number of nitrogens with one attached hydrogen (secondary N) is 1. The van der Waals surface area contributed by atoms with Gasteiger partial charge in [0, 0.05) is 6.54 Å². The van der Waals surface area contributed by atoms with Crippen LogP contribution in [0.4, 0.5) is 0 Å². The van der Waals surface area contributed by atoms with E-state index in [0.29, 0.717) is 5.41 Å². The quantitative estimate of drug-likeness (QED) is 0.747. The van der Waals surface area contributed by atoms with Crippen molar-refractivity contribution in [1.29, 1.82) is 0 Å². The second-order valence-electron chi connectivity index (χ2n) is 6.20. The Balaban J connectivity index is 2.00. The fraction of sp³-hybridized carbons (Fsp3) is 0.647. The smallest absolute Gasteiger partial charge is 0.00110 e. The molecular formula is C17H27N. The van der Waals surface area contributed by atoms with Gasteiger partial charge in [0.2, 0.25) is 0 Å². The number of benzene rings is 1. The van der Waals surface area contributed by atoms with E-state index in [0.717, 1.165) is 6.54 Å². The van der Waals surface area contributed by atoms with Gasteiger partial charge in [0.15, 0.2) is 0 Å². The second-order valence-corrected chi connectivity index (χ2v) is 6.20. The van der Waals surface area contributed by atoms with E-state index in [1.165, 1.54) is 55.3 Å². The molecule has 1 aliphatic carbocycles. The van der Waals surface area contributed by atoms with Gasteiger partial charge in [0.25, 0.3) is 0 Å². The molecule has 0 spiro atoms. The highest BCUT2D eigenvalue weighted by Crippen LogP contribution is 2.43. The zero-order valence-corrected chi connectivity index (χ0v) is 12.2. The standard InChI is InChI=1S/C17H27N/c1-4-8-18-13-17(6-5-7-17)12-16-10-14(2)9-15(3)11-16/h9-11,18H,4-8,12-13H2,1-3H3. The molecule has 1 fully saturated rings. The minimum Gasteiger partial charge on any atom is -0.316 e. The first-order valence-electron chi connectivity index (χ1n) is 7.41. The number of rotatable bonds is 6. The van der Waals surface area contributed by atoms with E-state index >= 15 is 0 Å². The lowest BCUT2D eigenvalue weighted by Gasteiger charge is -2.42. The van der Waals surface area contributed by atoms with Gasteiger partial charge in [-0.3, -0.25) is 0 Å². The molecule has 1 saturated carbocycles. The van der Waals surface area contributed by atoms with Gasteiger partial charge in [-0.25, -0.2) is 0 Å². The van der Waals surface area contributed by atoms with Crippen molar-refractivity contribution in [3.63, 3.8) is 0 Å². The molecular weight excluding hydrogens is 218 g/mol. The molecule has 0 atom stereocenters. The van der Waals surface area contributed by atoms with Crippen LogP contribution >= 0.6 is 0 Å². The van der Waals surface area contributed by atoms with Crippen LogP contribution in [0.15, 0.2) is 18.2 Å². The third-order valence-corrected chi connectivity index (χ3v) is 4.20. The van der Waals surface area contributed by atoms with E-state index < -0.39 is 0 Å². The van der Waals surface area contributed by atoms with Gasteiger partial charge >= 0.3 is 0 Å². The Kier molecular flexibility index (Phi) is 4.45. The molecule has 0 heterocycles. The SMILES string of the molecule is CCCNCC1(Cc2cc(C)cc(C)c2)CCC1. The molecule has 1 nitrogen and oxygen atoms in total. The maximum Gasteiger partial charge on any atom is 0.00110 e. The van der Waals surface area contributed by atoms with E-state index in [1.54, 1.807) is 0 Å². The normalized spacial score (nSPS) is 17.5. The maximum absolute atomic E-state index is 3.63. The lowest BCUT2D eigenvalue weighted by molar-refractivity contribution is 0.130. The third kappa shape index (κ3) is 3.35. The molecule has 18 heavy (non-hydrogen) atoms. The average molecular weight is 245 g/mol. The van der Waals surface area contributed by atoms with E-state index in [9.17, 15) is 0 Å². The average Bonchev–Trinajstić information content (AvgIpc) is 2.24. The summed E-state index contributed by atoms with van der Waals surface area (Å²) in [6.45, 7) is 9.02. The molecule has 0 aliphatic heterocycles. The Hall–Kier alpha value is -0.820. The van der Waals surface area contributed by atoms with Crippen LogP contribution in [-0.4, -0.2) is 13.1 Å². The summed E-state index contributed by atoms with van der Waals surface area (Å²) in [5, 5.41) is 3.63. The van der Waals surface area contributed by atoms with Crippen LogP contribution in [0.5, 0.6) is 0 Å². The van der Waals surface area contributed by atoms with E-state index in [1.807, 2.05) is 0 Å². The van der Waals surface area contributed by atoms with Crippen LogP contribution in [0, 0.1) is 19.3 Å². The molecule has 1 aromatic rings. The summed E-state index contributed by atoms with van der Waals surface area (Å²) < 4.78 is 0. The Morgan fingerprint density at radius 2 is 1.78 bits per heavy atom. The lowest BCUT2D eigenvalue weighted by Crippen LogP contribution is -2.41. The minimum atomic E-state index is 0.551. The fourth-order valence-electron chi connectivity index (χ4n) is 3.23. The monoisotopic (exact) mass is 245 g/mol. The first-order chi connectivity index (χ1) is 8.63. The van der Waals surface area contributed by atoms with Crippen LogP contribution in [-0.2, 0) is 6.42 Å². The molecule has 1 N–H and O–H groups in total. The van der Waals surface area contributed by atoms with Gasteiger partial charge in [-0.05, 0) is 57.1 Å². The summed E-state index contributed by atoms with van der Waals surface area (Å²) in [7, 11) is 0. The summed E-state index contributed by atoms with van der Waals surface area (Å²) in [5.41, 5.74) is 4.89. The molecule has 1 aliphatic rings. The lowest BCUT2D eigenvalue weighted by atomic mass is 9.65. The Bertz CT molecular complexity index is 370. The fourth-order valence-corrected chi connectivity index (χ4v) is 3.23. The number of aryl methyl sites for hydroxylation is 2. The highest BCUT2D eigenvalue weighted by Gasteiger charge is 2.36. The molecule has 1 heteroatoms. The van der Waals surface area contributed by atoms with Gasteiger partial charge < -0.3 is 5.32 Å². The third-order valence-electron chi connectivity index (χ3n) is 4.20. The zero-order valence-electron chi connectivity index (χ0n) is 12.2. The number of hydrogen-bond acceptors (Lipinski definition) is 1. The van der Waals surface area contributed by atoms with E-state index in [4.69, 9.17) is 0 Å². The van der Waals surface area contributed by atoms with Crippen molar-refractivity contribution in [2.45, 2.75) is 52.9 Å². The van der Waals surface area contributed by atoms with Crippen molar-refractivity contribution in [1.82, 2.24) is 5.32 Å². The molecule has 0 saturated heterocycles. The summed E-state index contributed by atoms with van der Waals surface area (Å²) in [5.74, 6) is 0. The number of hydrogen-bond donors (Lipinski definition) is 1. The molecule has 0 aromatic heterocycles. The summed E-state index contributed by atoms with van der Waals surface area (Å²) in [6, 6.07) is 7.01. The van der Waals surface area contributed by atoms with Crippen LogP contribution in [0.2, 0.25) is 0 Å². The van der Waals surface area contributed by atoms with Crippen molar-refractivity contribution >= 4 is 0 Å². The van der Waals surface area contributed by atoms with E-state index in [-0.39, 0.29) is 0 Å². The summed E-state index contributed by atoms with van der Waals surface area (Å²) >= 11 is 0. The van der Waals surface area contributed by atoms with Gasteiger partial charge in [-0.1, -0.05) is 42.7 Å². The van der Waals surface area contributed by atoms with Crippen LogP contribution in [0.3, 0.4) is 0 Å². The van der Waals surface area contributed by atoms with Crippen LogP contribution < -0.4 is 5.32 Å². The minimum absolute atomic E-state index is 0.551. The van der Waals surface area contributed by atoms with Crippen LogP contribution in [0.25, 0.3) is 0 Å². The molecule has 100 valence electrons. The highest BCUT2D eigenvalue weighted by atomic mass is 14.9. The first kappa shape index (κ1) is 13.6. The predicted molar refractivity (Wildman–Crippen MR) is 79.1 cm³/mol. The van der Waals surface area contributed by atoms with Crippen LogP contribution in [0.1, 0.15) is 49.3 Å².